The second-order valence-corrected chi connectivity index (χ2v) is 10.6. The molecule has 0 bridgehead atoms. The number of fused-ring (bicyclic) bond motifs is 6. The van der Waals surface area contributed by atoms with E-state index in [9.17, 15) is 9.59 Å². The third-order valence-corrected chi connectivity index (χ3v) is 7.74. The predicted octanol–water partition coefficient (Wildman–Crippen LogP) is 6.38. The van der Waals surface area contributed by atoms with E-state index in [-0.39, 0.29) is 5.91 Å². The first-order valence-electron chi connectivity index (χ1n) is 12.9. The summed E-state index contributed by atoms with van der Waals surface area (Å²) in [6.07, 6.45) is 0. The van der Waals surface area contributed by atoms with E-state index in [2.05, 4.69) is 5.32 Å². The van der Waals surface area contributed by atoms with Gasteiger partial charge in [0, 0.05) is 85.5 Å². The second-order valence-electron chi connectivity index (χ2n) is 10.4. The summed E-state index contributed by atoms with van der Waals surface area (Å²) in [7, 11) is 7.85. The summed E-state index contributed by atoms with van der Waals surface area (Å²) in [4.78, 5) is 30.4. The molecule has 2 aliphatic heterocycles. The maximum absolute atomic E-state index is 13.5. The Kier molecular flexibility index (Phi) is 6.19. The van der Waals surface area contributed by atoms with Crippen LogP contribution in [0.4, 0.5) is 17.1 Å². The number of benzene rings is 4. The Morgan fingerprint density at radius 2 is 1.38 bits per heavy atom. The van der Waals surface area contributed by atoms with Gasteiger partial charge in [0.05, 0.1) is 5.56 Å². The number of amides is 1. The maximum Gasteiger partial charge on any atom is 0.340 e. The van der Waals surface area contributed by atoms with Crippen LogP contribution < -0.4 is 19.9 Å². The Balaban J connectivity index is 1.45. The summed E-state index contributed by atoms with van der Waals surface area (Å²) in [5, 5.41) is 2.90. The lowest BCUT2D eigenvalue weighted by atomic mass is 9.77. The SMILES string of the molecule is CN(C)c1ccc2c(c1)Oc1cc(N(C)C)ccc1C21OC(=O)c2cc(NC(=O)c3ccc(CCl)cc3)ccc21. The van der Waals surface area contributed by atoms with Crippen molar-refractivity contribution in [1.29, 1.82) is 0 Å². The van der Waals surface area contributed by atoms with Gasteiger partial charge in [-0.3, -0.25) is 4.79 Å². The molecule has 2 aliphatic rings. The molecule has 2 heterocycles. The van der Waals surface area contributed by atoms with Gasteiger partial charge in [0.15, 0.2) is 5.60 Å². The molecular weight excluding hydrogens is 526 g/mol. The summed E-state index contributed by atoms with van der Waals surface area (Å²) in [5.41, 5.74) is 5.22. The van der Waals surface area contributed by atoms with Crippen molar-refractivity contribution >= 4 is 40.5 Å². The van der Waals surface area contributed by atoms with Crippen molar-refractivity contribution in [3.63, 3.8) is 0 Å². The zero-order valence-electron chi connectivity index (χ0n) is 22.6. The van der Waals surface area contributed by atoms with Gasteiger partial charge in [-0.1, -0.05) is 18.2 Å². The minimum Gasteiger partial charge on any atom is -0.456 e. The van der Waals surface area contributed by atoms with Crippen molar-refractivity contribution < 1.29 is 19.1 Å². The van der Waals surface area contributed by atoms with Crippen molar-refractivity contribution in [3.8, 4) is 11.5 Å². The van der Waals surface area contributed by atoms with E-state index in [4.69, 9.17) is 21.1 Å². The summed E-state index contributed by atoms with van der Waals surface area (Å²) in [6, 6.07) is 24.2. The van der Waals surface area contributed by atoms with Crippen LogP contribution in [0.5, 0.6) is 11.5 Å². The molecule has 4 aromatic carbocycles. The van der Waals surface area contributed by atoms with E-state index in [0.29, 0.717) is 39.8 Å². The topological polar surface area (TPSA) is 71.1 Å². The molecule has 202 valence electrons. The maximum atomic E-state index is 13.5. The lowest BCUT2D eigenvalue weighted by Gasteiger charge is -2.37. The van der Waals surface area contributed by atoms with Crippen LogP contribution in [0.15, 0.2) is 78.9 Å². The van der Waals surface area contributed by atoms with Crippen molar-refractivity contribution in [1.82, 2.24) is 0 Å². The Labute approximate surface area is 237 Å². The molecule has 0 fully saturated rings. The third kappa shape index (κ3) is 4.05. The van der Waals surface area contributed by atoms with Crippen LogP contribution in [0, 0.1) is 0 Å². The highest BCUT2D eigenvalue weighted by molar-refractivity contribution is 6.17. The number of anilines is 3. The number of rotatable bonds is 5. The van der Waals surface area contributed by atoms with Gasteiger partial charge in [-0.15, -0.1) is 11.6 Å². The average molecular weight is 554 g/mol. The molecule has 1 N–H and O–H groups in total. The van der Waals surface area contributed by atoms with Gasteiger partial charge in [0.1, 0.15) is 11.5 Å². The monoisotopic (exact) mass is 553 g/mol. The molecule has 0 atom stereocenters. The molecule has 1 spiro atoms. The largest absolute Gasteiger partial charge is 0.456 e. The van der Waals surface area contributed by atoms with E-state index in [0.717, 1.165) is 28.1 Å². The number of nitrogens with zero attached hydrogens (tertiary/aromatic N) is 2. The summed E-state index contributed by atoms with van der Waals surface area (Å²) < 4.78 is 12.7. The molecular formula is C32H28ClN3O4. The lowest BCUT2D eigenvalue weighted by molar-refractivity contribution is 0.0224. The van der Waals surface area contributed by atoms with Crippen LogP contribution in [0.25, 0.3) is 0 Å². The van der Waals surface area contributed by atoms with Crippen LogP contribution in [0.1, 0.15) is 43.0 Å². The molecule has 40 heavy (non-hydrogen) atoms. The fraction of sp³-hybridized carbons (Fsp3) is 0.188. The molecule has 7 nitrogen and oxygen atoms in total. The standard InChI is InChI=1S/C32H28ClN3O4/c1-35(2)22-10-13-26-28(16-22)39-29-17-23(36(3)4)11-14-27(29)32(26)25-12-9-21(15-24(25)31(38)40-32)34-30(37)20-7-5-19(18-33)6-8-20/h5-17H,18H2,1-4H3,(H,34,37). The van der Waals surface area contributed by atoms with Crippen LogP contribution in [0.3, 0.4) is 0 Å². The summed E-state index contributed by atoms with van der Waals surface area (Å²) in [6.45, 7) is 0. The van der Waals surface area contributed by atoms with Crippen LogP contribution >= 0.6 is 11.6 Å². The molecule has 0 saturated heterocycles. The molecule has 0 aliphatic carbocycles. The van der Waals surface area contributed by atoms with E-state index in [1.54, 1.807) is 24.3 Å². The van der Waals surface area contributed by atoms with Crippen molar-refractivity contribution in [2.75, 3.05) is 43.3 Å². The fourth-order valence-electron chi connectivity index (χ4n) is 5.29. The molecule has 8 heteroatoms. The van der Waals surface area contributed by atoms with Crippen LogP contribution in [0.2, 0.25) is 0 Å². The highest BCUT2D eigenvalue weighted by Gasteiger charge is 2.53. The number of halogens is 1. The third-order valence-electron chi connectivity index (χ3n) is 7.43. The number of carbonyl (C=O) groups is 2. The fourth-order valence-corrected chi connectivity index (χ4v) is 5.47. The molecule has 4 aromatic rings. The Bertz CT molecular complexity index is 1610. The van der Waals surface area contributed by atoms with Crippen molar-refractivity contribution in [2.24, 2.45) is 0 Å². The molecule has 0 radical (unpaired) electrons. The molecule has 0 aromatic heterocycles. The van der Waals surface area contributed by atoms with Gasteiger partial charge in [-0.2, -0.15) is 0 Å². The number of hydrogen-bond donors (Lipinski definition) is 1. The van der Waals surface area contributed by atoms with Gasteiger partial charge < -0.3 is 24.6 Å². The van der Waals surface area contributed by atoms with Crippen molar-refractivity contribution in [2.45, 2.75) is 11.5 Å². The van der Waals surface area contributed by atoms with E-state index < -0.39 is 11.6 Å². The highest BCUT2D eigenvalue weighted by Crippen LogP contribution is 2.57. The molecule has 6 rings (SSSR count). The average Bonchev–Trinajstić information content (AvgIpc) is 3.24. The minimum absolute atomic E-state index is 0.281. The molecule has 1 amide bonds. The molecule has 0 unspecified atom stereocenters. The normalized spacial score (nSPS) is 14.0. The van der Waals surface area contributed by atoms with Crippen LogP contribution in [-0.4, -0.2) is 40.1 Å². The van der Waals surface area contributed by atoms with E-state index in [1.165, 1.54) is 0 Å². The number of hydrogen-bond acceptors (Lipinski definition) is 6. The first-order valence-corrected chi connectivity index (χ1v) is 13.4. The first-order chi connectivity index (χ1) is 19.2. The number of carbonyl (C=O) groups excluding carboxylic acids is 2. The second kappa shape index (κ2) is 9.61. The Morgan fingerprint density at radius 3 is 1.93 bits per heavy atom. The zero-order valence-corrected chi connectivity index (χ0v) is 23.4. The first kappa shape index (κ1) is 25.8. The number of esters is 1. The number of ether oxygens (including phenoxy) is 2. The predicted molar refractivity (Wildman–Crippen MR) is 157 cm³/mol. The lowest BCUT2D eigenvalue weighted by Crippen LogP contribution is -2.33. The minimum atomic E-state index is -1.19. The van der Waals surface area contributed by atoms with Crippen LogP contribution in [-0.2, 0) is 16.2 Å². The van der Waals surface area contributed by atoms with Gasteiger partial charge in [-0.05, 0) is 54.1 Å². The van der Waals surface area contributed by atoms with Gasteiger partial charge in [-0.25, -0.2) is 4.79 Å². The molecule has 0 saturated carbocycles. The smallest absolute Gasteiger partial charge is 0.340 e. The van der Waals surface area contributed by atoms with Gasteiger partial charge >= 0.3 is 5.97 Å². The van der Waals surface area contributed by atoms with E-state index in [1.807, 2.05) is 92.6 Å². The van der Waals surface area contributed by atoms with Gasteiger partial charge in [0.25, 0.3) is 5.91 Å². The summed E-state index contributed by atoms with van der Waals surface area (Å²) in [5.74, 6) is 0.864. The zero-order chi connectivity index (χ0) is 28.2. The van der Waals surface area contributed by atoms with Crippen molar-refractivity contribution in [3.05, 3.63) is 112 Å². The number of nitrogens with one attached hydrogen (secondary N) is 1. The Hall–Kier alpha value is -4.49. The van der Waals surface area contributed by atoms with E-state index >= 15 is 0 Å². The summed E-state index contributed by atoms with van der Waals surface area (Å²) >= 11 is 5.87. The highest BCUT2D eigenvalue weighted by atomic mass is 35.5. The quantitative estimate of drug-likeness (QED) is 0.228. The Morgan fingerprint density at radius 1 is 0.800 bits per heavy atom. The number of alkyl halides is 1. The van der Waals surface area contributed by atoms with Gasteiger partial charge in [0.2, 0.25) is 0 Å².